The molecule has 0 spiro atoms. The lowest BCUT2D eigenvalue weighted by Gasteiger charge is -2.38. The first-order valence-electron chi connectivity index (χ1n) is 15.9. The fraction of sp³-hybridized carbons (Fsp3) is 0.806. The van der Waals surface area contributed by atoms with E-state index in [0.29, 0.717) is 32.0 Å². The van der Waals surface area contributed by atoms with Crippen molar-refractivity contribution in [3.63, 3.8) is 0 Å². The SMILES string of the molecule is CC(C)C1[C@H]2[C@@H]1CN(C(=O)[C@@H](NC(=O)N[C@H](CN1CCOC1=O)C(C)C)C(C)(C)C)[C@@H]2C(=O)NC(CC1CC1)C(=O)C(N)=O. The van der Waals surface area contributed by atoms with Crippen LogP contribution in [0.4, 0.5) is 9.59 Å². The number of nitrogens with two attached hydrogens (primary N) is 1. The van der Waals surface area contributed by atoms with Gasteiger partial charge in [0.15, 0.2) is 0 Å². The number of fused-ring (bicyclic) bond motifs is 1. The van der Waals surface area contributed by atoms with Gasteiger partial charge in [0.2, 0.25) is 17.6 Å². The standard InChI is InChI=1S/C31H50N6O7/c1-15(2)20(14-36-10-11-44-30(36)43)34-29(42)35-25(31(5,6)7)28(41)37-13-18-21(16(3)4)22(18)23(37)27(40)33-19(12-17-8-9-17)24(38)26(32)39/h15-23,25H,8-14H2,1-7H3,(H2,32,39)(H,33,40)(H2,34,35,42)/t18-,19?,20-,21?,22-,23+,25-/m1/s1. The number of cyclic esters (lactones) is 1. The van der Waals surface area contributed by atoms with Gasteiger partial charge in [-0.25, -0.2) is 9.59 Å². The van der Waals surface area contributed by atoms with Crippen LogP contribution in [-0.4, -0.2) is 95.8 Å². The third-order valence-electron chi connectivity index (χ3n) is 9.64. The molecule has 0 aromatic carbocycles. The van der Waals surface area contributed by atoms with Gasteiger partial charge in [0.05, 0.1) is 18.6 Å². The average Bonchev–Trinajstić information content (AvgIpc) is 3.80. The number of nitrogens with one attached hydrogen (secondary N) is 3. The summed E-state index contributed by atoms with van der Waals surface area (Å²) in [5.41, 5.74) is 4.59. The minimum atomic E-state index is -1.09. The van der Waals surface area contributed by atoms with Crippen molar-refractivity contribution in [2.75, 3.05) is 26.2 Å². The number of ketones is 1. The van der Waals surface area contributed by atoms with Gasteiger partial charge < -0.3 is 36.2 Å². The molecule has 2 aliphatic heterocycles. The van der Waals surface area contributed by atoms with Gasteiger partial charge in [0, 0.05) is 13.1 Å². The number of likely N-dealkylation sites (tertiary alicyclic amines) is 1. The topological polar surface area (TPSA) is 180 Å². The molecular formula is C31H50N6O7. The third-order valence-corrected chi connectivity index (χ3v) is 9.64. The molecule has 5 N–H and O–H groups in total. The predicted molar refractivity (Wildman–Crippen MR) is 161 cm³/mol. The Morgan fingerprint density at radius 3 is 2.18 bits per heavy atom. The number of carbonyl (C=O) groups is 6. The van der Waals surface area contributed by atoms with E-state index in [1.807, 2.05) is 34.6 Å². The fourth-order valence-corrected chi connectivity index (χ4v) is 6.90. The Hall–Kier alpha value is -3.38. The highest BCUT2D eigenvalue weighted by atomic mass is 16.6. The number of ether oxygens (including phenoxy) is 1. The predicted octanol–water partition coefficient (Wildman–Crippen LogP) is 1.25. The molecule has 7 atom stereocenters. The number of nitrogens with zero attached hydrogens (tertiary/aromatic N) is 2. The van der Waals surface area contributed by atoms with Crippen LogP contribution in [0.5, 0.6) is 0 Å². The minimum absolute atomic E-state index is 0.00336. The second kappa shape index (κ2) is 12.9. The number of hydrogen-bond acceptors (Lipinski definition) is 7. The van der Waals surface area contributed by atoms with E-state index in [4.69, 9.17) is 10.5 Å². The van der Waals surface area contributed by atoms with E-state index in [1.54, 1.807) is 9.80 Å². The fourth-order valence-electron chi connectivity index (χ4n) is 6.90. The number of amides is 6. The highest BCUT2D eigenvalue weighted by molar-refractivity contribution is 6.37. The van der Waals surface area contributed by atoms with Gasteiger partial charge in [-0.05, 0) is 47.3 Å². The molecule has 13 heteroatoms. The lowest BCUT2D eigenvalue weighted by atomic mass is 9.85. The zero-order valence-corrected chi connectivity index (χ0v) is 27.1. The van der Waals surface area contributed by atoms with Crippen LogP contribution < -0.4 is 21.7 Å². The van der Waals surface area contributed by atoms with Crippen LogP contribution in [0.25, 0.3) is 0 Å². The number of urea groups is 1. The summed E-state index contributed by atoms with van der Waals surface area (Å²) in [7, 11) is 0. The van der Waals surface area contributed by atoms with Crippen molar-refractivity contribution in [3.05, 3.63) is 0 Å². The van der Waals surface area contributed by atoms with E-state index in [1.165, 1.54) is 0 Å². The first-order valence-corrected chi connectivity index (χ1v) is 15.9. The van der Waals surface area contributed by atoms with Crippen LogP contribution in [-0.2, 0) is 23.9 Å². The summed E-state index contributed by atoms with van der Waals surface area (Å²) in [4.78, 5) is 80.9. The summed E-state index contributed by atoms with van der Waals surface area (Å²) in [6.07, 6.45) is 1.77. The molecule has 6 amide bonds. The van der Waals surface area contributed by atoms with Crippen molar-refractivity contribution in [1.29, 1.82) is 0 Å². The molecule has 4 fully saturated rings. The smallest absolute Gasteiger partial charge is 0.410 e. The summed E-state index contributed by atoms with van der Waals surface area (Å²) in [6.45, 7) is 15.0. The Bertz CT molecular complexity index is 1160. The maximum atomic E-state index is 14.2. The summed E-state index contributed by atoms with van der Waals surface area (Å²) in [6, 6.07) is -3.75. The molecule has 4 rings (SSSR count). The summed E-state index contributed by atoms with van der Waals surface area (Å²) < 4.78 is 5.02. The second-order valence-corrected chi connectivity index (χ2v) is 14.8. The minimum Gasteiger partial charge on any atom is -0.448 e. The second-order valence-electron chi connectivity index (χ2n) is 14.8. The first-order chi connectivity index (χ1) is 20.5. The molecular weight excluding hydrogens is 568 g/mol. The van der Waals surface area contributed by atoms with Crippen molar-refractivity contribution < 1.29 is 33.5 Å². The zero-order chi connectivity index (χ0) is 32.7. The van der Waals surface area contributed by atoms with E-state index < -0.39 is 53.3 Å². The lowest BCUT2D eigenvalue weighted by molar-refractivity contribution is -0.144. The molecule has 2 aliphatic carbocycles. The maximum Gasteiger partial charge on any atom is 0.410 e. The van der Waals surface area contributed by atoms with E-state index >= 15 is 0 Å². The van der Waals surface area contributed by atoms with Gasteiger partial charge >= 0.3 is 12.1 Å². The van der Waals surface area contributed by atoms with E-state index in [-0.39, 0.29) is 48.1 Å². The zero-order valence-electron chi connectivity index (χ0n) is 27.1. The highest BCUT2D eigenvalue weighted by Gasteiger charge is 2.65. The third kappa shape index (κ3) is 7.46. The Morgan fingerprint density at radius 2 is 1.68 bits per heavy atom. The maximum absolute atomic E-state index is 14.2. The van der Waals surface area contributed by atoms with Gasteiger partial charge in [-0.2, -0.15) is 0 Å². The van der Waals surface area contributed by atoms with Crippen molar-refractivity contribution >= 4 is 35.6 Å². The van der Waals surface area contributed by atoms with E-state index in [9.17, 15) is 28.8 Å². The molecule has 0 aromatic rings. The summed E-state index contributed by atoms with van der Waals surface area (Å²) in [5.74, 6) is -1.93. The molecule has 0 bridgehead atoms. The number of carbonyl (C=O) groups excluding carboxylic acids is 6. The molecule has 2 saturated heterocycles. The van der Waals surface area contributed by atoms with Crippen LogP contribution in [0.3, 0.4) is 0 Å². The van der Waals surface area contributed by atoms with Gasteiger partial charge in [-0.3, -0.25) is 19.2 Å². The number of Topliss-reactive ketones (excluding diaryl/α,β-unsaturated/α-hetero) is 1. The van der Waals surface area contributed by atoms with Crippen molar-refractivity contribution in [2.45, 2.75) is 91.9 Å². The van der Waals surface area contributed by atoms with Crippen molar-refractivity contribution in [2.24, 2.45) is 46.7 Å². The normalized spacial score (nSPS) is 26.5. The van der Waals surface area contributed by atoms with Crippen molar-refractivity contribution in [3.8, 4) is 0 Å². The largest absolute Gasteiger partial charge is 0.448 e. The quantitative estimate of drug-likeness (QED) is 0.224. The Labute approximate surface area is 259 Å². The average molecular weight is 619 g/mol. The number of hydrogen-bond donors (Lipinski definition) is 4. The molecule has 4 aliphatic rings. The van der Waals surface area contributed by atoms with Crippen LogP contribution in [0, 0.1) is 40.9 Å². The molecule has 246 valence electrons. The van der Waals surface area contributed by atoms with Crippen LogP contribution in [0.15, 0.2) is 0 Å². The van der Waals surface area contributed by atoms with E-state index in [0.717, 1.165) is 12.8 Å². The first kappa shape index (κ1) is 33.5. The van der Waals surface area contributed by atoms with Crippen LogP contribution in [0.2, 0.25) is 0 Å². The molecule has 0 aromatic heterocycles. The van der Waals surface area contributed by atoms with Gasteiger partial charge in [0.25, 0.3) is 5.91 Å². The van der Waals surface area contributed by atoms with Gasteiger partial charge in [-0.1, -0.05) is 61.3 Å². The number of rotatable bonds is 13. The summed E-state index contributed by atoms with van der Waals surface area (Å²) in [5, 5.41) is 8.57. The highest BCUT2D eigenvalue weighted by Crippen LogP contribution is 2.59. The van der Waals surface area contributed by atoms with Gasteiger partial charge in [0.1, 0.15) is 18.7 Å². The number of primary amides is 1. The molecule has 2 saturated carbocycles. The molecule has 0 radical (unpaired) electrons. The molecule has 2 unspecified atom stereocenters. The Kier molecular flexibility index (Phi) is 9.84. The molecule has 44 heavy (non-hydrogen) atoms. The Balaban J connectivity index is 1.51. The van der Waals surface area contributed by atoms with Crippen LogP contribution >= 0.6 is 0 Å². The summed E-state index contributed by atoms with van der Waals surface area (Å²) >= 11 is 0. The van der Waals surface area contributed by atoms with Gasteiger partial charge in [-0.15, -0.1) is 0 Å². The number of piperidine rings is 1. The molecule has 13 nitrogen and oxygen atoms in total. The lowest BCUT2D eigenvalue weighted by Crippen LogP contribution is -2.62. The Morgan fingerprint density at radius 1 is 1.02 bits per heavy atom. The molecule has 2 heterocycles. The monoisotopic (exact) mass is 618 g/mol. The van der Waals surface area contributed by atoms with E-state index in [2.05, 4.69) is 29.8 Å². The van der Waals surface area contributed by atoms with Crippen molar-refractivity contribution in [1.82, 2.24) is 25.8 Å². The van der Waals surface area contributed by atoms with Crippen LogP contribution in [0.1, 0.15) is 67.7 Å².